The van der Waals surface area contributed by atoms with Crippen LogP contribution in [0.25, 0.3) is 0 Å². The number of carbonyl (C=O) groups excluding carboxylic acids is 1. The normalized spacial score (nSPS) is 20.0. The summed E-state index contributed by atoms with van der Waals surface area (Å²) < 4.78 is 26.9. The Labute approximate surface area is 157 Å². The number of ether oxygens (including phenoxy) is 5. The molecule has 2 fully saturated rings. The molecule has 4 rings (SSSR count). The maximum atomic E-state index is 12.3. The zero-order valence-corrected chi connectivity index (χ0v) is 15.0. The van der Waals surface area contributed by atoms with E-state index in [1.54, 1.807) is 48.5 Å². The molecule has 142 valence electrons. The van der Waals surface area contributed by atoms with Crippen molar-refractivity contribution in [2.45, 2.75) is 25.0 Å². The summed E-state index contributed by atoms with van der Waals surface area (Å²) in [4.78, 5) is 12.3. The van der Waals surface area contributed by atoms with Crippen molar-refractivity contribution in [3.05, 3.63) is 54.1 Å². The van der Waals surface area contributed by atoms with Crippen molar-refractivity contribution >= 4 is 5.97 Å². The van der Waals surface area contributed by atoms with Crippen LogP contribution >= 0.6 is 0 Å². The van der Waals surface area contributed by atoms with Crippen molar-refractivity contribution in [2.24, 2.45) is 0 Å². The van der Waals surface area contributed by atoms with Gasteiger partial charge in [0, 0.05) is 12.8 Å². The fourth-order valence-electron chi connectivity index (χ4n) is 2.54. The number of carbonyl (C=O) groups is 1. The van der Waals surface area contributed by atoms with Crippen molar-refractivity contribution < 1.29 is 28.5 Å². The van der Waals surface area contributed by atoms with E-state index in [0.717, 1.165) is 37.6 Å². The van der Waals surface area contributed by atoms with Crippen LogP contribution in [-0.4, -0.2) is 44.6 Å². The van der Waals surface area contributed by atoms with Gasteiger partial charge in [-0.25, -0.2) is 4.79 Å². The molecule has 0 radical (unpaired) electrons. The van der Waals surface area contributed by atoms with Crippen LogP contribution < -0.4 is 14.2 Å². The Hall–Kier alpha value is -2.57. The first-order valence-corrected chi connectivity index (χ1v) is 9.17. The molecule has 27 heavy (non-hydrogen) atoms. The zero-order chi connectivity index (χ0) is 18.5. The van der Waals surface area contributed by atoms with Gasteiger partial charge in [0.25, 0.3) is 0 Å². The summed E-state index contributed by atoms with van der Waals surface area (Å²) in [5.41, 5.74) is 0.470. The number of hydrogen-bond donors (Lipinski definition) is 0. The molecule has 2 atom stereocenters. The predicted molar refractivity (Wildman–Crippen MR) is 97.5 cm³/mol. The SMILES string of the molecule is O=C(Oc1ccc(OCC[C@@H]2CO2)cc1)c1ccc(OCC[C@H]2CO2)cc1. The number of rotatable bonds is 10. The van der Waals surface area contributed by atoms with Crippen LogP contribution in [0.15, 0.2) is 48.5 Å². The second-order valence-corrected chi connectivity index (χ2v) is 6.57. The third-order valence-electron chi connectivity index (χ3n) is 4.35. The summed E-state index contributed by atoms with van der Waals surface area (Å²) in [5, 5.41) is 0. The zero-order valence-electron chi connectivity index (χ0n) is 15.0. The topological polar surface area (TPSA) is 69.8 Å². The first kappa shape index (κ1) is 17.8. The quantitative estimate of drug-likeness (QED) is 0.363. The molecule has 0 aromatic heterocycles. The second-order valence-electron chi connectivity index (χ2n) is 6.57. The van der Waals surface area contributed by atoms with Gasteiger partial charge in [-0.2, -0.15) is 0 Å². The van der Waals surface area contributed by atoms with Gasteiger partial charge >= 0.3 is 5.97 Å². The van der Waals surface area contributed by atoms with E-state index in [1.165, 1.54) is 0 Å². The molecule has 6 nitrogen and oxygen atoms in total. The number of hydrogen-bond acceptors (Lipinski definition) is 6. The number of benzene rings is 2. The van der Waals surface area contributed by atoms with Crippen molar-refractivity contribution in [1.29, 1.82) is 0 Å². The van der Waals surface area contributed by atoms with Crippen LogP contribution in [0, 0.1) is 0 Å². The lowest BCUT2D eigenvalue weighted by Gasteiger charge is -2.08. The van der Waals surface area contributed by atoms with Crippen molar-refractivity contribution in [3.63, 3.8) is 0 Å². The molecule has 0 aliphatic carbocycles. The Balaban J connectivity index is 1.23. The molecule has 2 heterocycles. The van der Waals surface area contributed by atoms with Gasteiger partial charge in [-0.1, -0.05) is 0 Å². The molecule has 2 saturated heterocycles. The molecule has 0 N–H and O–H groups in total. The molecule has 0 bridgehead atoms. The minimum absolute atomic E-state index is 0.350. The van der Waals surface area contributed by atoms with Crippen LogP contribution in [0.2, 0.25) is 0 Å². The van der Waals surface area contributed by atoms with Gasteiger partial charge in [0.05, 0.1) is 44.2 Å². The van der Waals surface area contributed by atoms with Gasteiger partial charge in [-0.15, -0.1) is 0 Å². The molecule has 2 aromatic rings. The molecule has 0 saturated carbocycles. The van der Waals surface area contributed by atoms with Crippen LogP contribution in [0.1, 0.15) is 23.2 Å². The molecular formula is C21H22O6. The fourth-order valence-corrected chi connectivity index (χ4v) is 2.54. The molecule has 0 spiro atoms. The van der Waals surface area contributed by atoms with E-state index in [1.807, 2.05) is 0 Å². The van der Waals surface area contributed by atoms with Gasteiger partial charge in [0.2, 0.25) is 0 Å². The van der Waals surface area contributed by atoms with E-state index in [9.17, 15) is 4.79 Å². The summed E-state index contributed by atoms with van der Waals surface area (Å²) in [6.07, 6.45) is 2.49. The maximum Gasteiger partial charge on any atom is 0.343 e. The summed E-state index contributed by atoms with van der Waals surface area (Å²) in [6, 6.07) is 13.9. The first-order chi connectivity index (χ1) is 13.3. The minimum Gasteiger partial charge on any atom is -0.493 e. The van der Waals surface area contributed by atoms with Gasteiger partial charge in [0.15, 0.2) is 0 Å². The van der Waals surface area contributed by atoms with E-state index >= 15 is 0 Å². The van der Waals surface area contributed by atoms with E-state index < -0.39 is 5.97 Å². The highest BCUT2D eigenvalue weighted by molar-refractivity contribution is 5.91. The highest BCUT2D eigenvalue weighted by atomic mass is 16.6. The standard InChI is InChI=1S/C21H22O6/c22-21(15-1-3-16(4-2-15)23-11-9-19-13-25-19)27-18-7-5-17(6-8-18)24-12-10-20-14-26-20/h1-8,19-20H,9-14H2/t19-,20+/m0/s1. The summed E-state index contributed by atoms with van der Waals surface area (Å²) in [5.74, 6) is 1.54. The molecule has 2 aromatic carbocycles. The van der Waals surface area contributed by atoms with Crippen LogP contribution in [-0.2, 0) is 9.47 Å². The molecule has 6 heteroatoms. The van der Waals surface area contributed by atoms with Crippen LogP contribution in [0.3, 0.4) is 0 Å². The average molecular weight is 370 g/mol. The van der Waals surface area contributed by atoms with Gasteiger partial charge in [0.1, 0.15) is 17.2 Å². The van der Waals surface area contributed by atoms with E-state index in [0.29, 0.717) is 36.7 Å². The Morgan fingerprint density at radius 1 is 0.778 bits per heavy atom. The van der Waals surface area contributed by atoms with Gasteiger partial charge in [-0.3, -0.25) is 0 Å². The highest BCUT2D eigenvalue weighted by Gasteiger charge is 2.22. The number of epoxide rings is 2. The van der Waals surface area contributed by atoms with Crippen molar-refractivity contribution in [3.8, 4) is 17.2 Å². The van der Waals surface area contributed by atoms with E-state index in [-0.39, 0.29) is 0 Å². The lowest BCUT2D eigenvalue weighted by molar-refractivity contribution is 0.0734. The average Bonchev–Trinajstić information content (AvgIpc) is 3.59. The summed E-state index contributed by atoms with van der Waals surface area (Å²) in [7, 11) is 0. The summed E-state index contributed by atoms with van der Waals surface area (Å²) in [6.45, 7) is 2.89. The van der Waals surface area contributed by atoms with E-state index in [2.05, 4.69) is 0 Å². The molecule has 0 amide bonds. The summed E-state index contributed by atoms with van der Waals surface area (Å²) >= 11 is 0. The lowest BCUT2D eigenvalue weighted by Crippen LogP contribution is -2.08. The Morgan fingerprint density at radius 3 is 1.70 bits per heavy atom. The smallest absolute Gasteiger partial charge is 0.343 e. The number of esters is 1. The Morgan fingerprint density at radius 2 is 1.22 bits per heavy atom. The second kappa shape index (κ2) is 8.41. The Bertz CT molecular complexity index is 747. The van der Waals surface area contributed by atoms with Crippen molar-refractivity contribution in [1.82, 2.24) is 0 Å². The molecule has 2 aliphatic heterocycles. The Kier molecular flexibility index (Phi) is 5.55. The first-order valence-electron chi connectivity index (χ1n) is 9.17. The van der Waals surface area contributed by atoms with Gasteiger partial charge in [-0.05, 0) is 48.5 Å². The molecular weight excluding hydrogens is 348 g/mol. The van der Waals surface area contributed by atoms with Crippen LogP contribution in [0.5, 0.6) is 17.2 Å². The van der Waals surface area contributed by atoms with Crippen molar-refractivity contribution in [2.75, 3.05) is 26.4 Å². The largest absolute Gasteiger partial charge is 0.493 e. The highest BCUT2D eigenvalue weighted by Crippen LogP contribution is 2.21. The maximum absolute atomic E-state index is 12.3. The predicted octanol–water partition coefficient (Wildman–Crippen LogP) is 3.24. The third kappa shape index (κ3) is 5.70. The lowest BCUT2D eigenvalue weighted by atomic mass is 10.2. The fraction of sp³-hybridized carbons (Fsp3) is 0.381. The van der Waals surface area contributed by atoms with Crippen LogP contribution in [0.4, 0.5) is 0 Å². The monoisotopic (exact) mass is 370 g/mol. The molecule has 2 aliphatic rings. The van der Waals surface area contributed by atoms with E-state index in [4.69, 9.17) is 23.7 Å². The molecule has 0 unspecified atom stereocenters. The van der Waals surface area contributed by atoms with Gasteiger partial charge < -0.3 is 23.7 Å². The minimum atomic E-state index is -0.410. The third-order valence-corrected chi connectivity index (χ3v) is 4.35.